The molecule has 0 unspecified atom stereocenters. The van der Waals surface area contributed by atoms with Gasteiger partial charge in [0, 0.05) is 12.1 Å². The summed E-state index contributed by atoms with van der Waals surface area (Å²) in [5.41, 5.74) is 11.7. The average molecular weight is 172 g/mol. The van der Waals surface area contributed by atoms with E-state index in [4.69, 9.17) is 16.2 Å². The molecule has 0 saturated carbocycles. The first-order valence-electron chi connectivity index (χ1n) is 4.81. The maximum absolute atomic E-state index is 5.89. The summed E-state index contributed by atoms with van der Waals surface area (Å²) in [5, 5.41) is 0. The van der Waals surface area contributed by atoms with Crippen molar-refractivity contribution in [2.24, 2.45) is 11.5 Å². The zero-order chi connectivity index (χ0) is 9.14. The predicted molar refractivity (Wildman–Crippen MR) is 49.8 cm³/mol. The average Bonchev–Trinajstić information content (AvgIpc) is 2.08. The maximum Gasteiger partial charge on any atom is 0.0730 e. The zero-order valence-electron chi connectivity index (χ0n) is 7.99. The highest BCUT2D eigenvalue weighted by Gasteiger charge is 2.28. The third-order valence-electron chi connectivity index (χ3n) is 2.73. The second-order valence-electron chi connectivity index (χ2n) is 3.69. The molecule has 3 nitrogen and oxygen atoms in total. The number of hydrogen-bond donors (Lipinski definition) is 2. The van der Waals surface area contributed by atoms with Crippen LogP contribution < -0.4 is 11.5 Å². The van der Waals surface area contributed by atoms with E-state index < -0.39 is 0 Å². The van der Waals surface area contributed by atoms with Crippen molar-refractivity contribution in [3.8, 4) is 0 Å². The van der Waals surface area contributed by atoms with Crippen molar-refractivity contribution >= 4 is 0 Å². The minimum atomic E-state index is 0.168. The predicted octanol–water partition coefficient (Wildman–Crippen LogP) is 0.618. The van der Waals surface area contributed by atoms with E-state index in [2.05, 4.69) is 6.92 Å². The van der Waals surface area contributed by atoms with Gasteiger partial charge >= 0.3 is 0 Å². The lowest BCUT2D eigenvalue weighted by atomic mass is 9.95. The van der Waals surface area contributed by atoms with Crippen LogP contribution >= 0.6 is 0 Å². The minimum absolute atomic E-state index is 0.168. The smallest absolute Gasteiger partial charge is 0.0730 e. The third kappa shape index (κ3) is 2.19. The molecule has 1 rings (SSSR count). The van der Waals surface area contributed by atoms with Crippen molar-refractivity contribution in [2.75, 3.05) is 0 Å². The topological polar surface area (TPSA) is 61.3 Å². The van der Waals surface area contributed by atoms with Crippen molar-refractivity contribution in [1.82, 2.24) is 0 Å². The molecule has 1 heterocycles. The molecule has 0 aromatic carbocycles. The Morgan fingerprint density at radius 3 is 2.67 bits per heavy atom. The summed E-state index contributed by atoms with van der Waals surface area (Å²) < 4.78 is 5.70. The molecule has 1 aliphatic rings. The van der Waals surface area contributed by atoms with Gasteiger partial charge < -0.3 is 16.2 Å². The standard InChI is InChI=1S/C9H20N2O/c1-3-7(10)9-5-4-8(11)6(2)12-9/h6-9H,3-5,10-11H2,1-2H3/t6-,7+,8-,9+/m1/s1. The van der Waals surface area contributed by atoms with Gasteiger partial charge in [-0.2, -0.15) is 0 Å². The second kappa shape index (κ2) is 4.21. The first-order valence-corrected chi connectivity index (χ1v) is 4.81. The molecule has 4 N–H and O–H groups in total. The van der Waals surface area contributed by atoms with Gasteiger partial charge in [-0.25, -0.2) is 0 Å². The van der Waals surface area contributed by atoms with E-state index in [1.807, 2.05) is 6.92 Å². The number of rotatable bonds is 2. The van der Waals surface area contributed by atoms with Gasteiger partial charge in [-0.15, -0.1) is 0 Å². The summed E-state index contributed by atoms with van der Waals surface area (Å²) in [6, 6.07) is 0.380. The minimum Gasteiger partial charge on any atom is -0.372 e. The van der Waals surface area contributed by atoms with E-state index in [-0.39, 0.29) is 24.3 Å². The van der Waals surface area contributed by atoms with Crippen molar-refractivity contribution in [2.45, 2.75) is 57.4 Å². The van der Waals surface area contributed by atoms with Gasteiger partial charge in [0.05, 0.1) is 12.2 Å². The number of ether oxygens (including phenoxy) is 1. The molecule has 0 amide bonds. The fourth-order valence-electron chi connectivity index (χ4n) is 1.61. The zero-order valence-corrected chi connectivity index (χ0v) is 7.99. The molecule has 72 valence electrons. The lowest BCUT2D eigenvalue weighted by molar-refractivity contribution is -0.0623. The van der Waals surface area contributed by atoms with E-state index >= 15 is 0 Å². The molecule has 0 aromatic heterocycles. The quantitative estimate of drug-likeness (QED) is 0.642. The summed E-state index contributed by atoms with van der Waals surface area (Å²) in [6.07, 6.45) is 3.43. The van der Waals surface area contributed by atoms with Crippen LogP contribution in [0.1, 0.15) is 33.1 Å². The van der Waals surface area contributed by atoms with Gasteiger partial charge in [0.1, 0.15) is 0 Å². The Labute approximate surface area is 74.4 Å². The summed E-state index contributed by atoms with van der Waals surface area (Å²) in [6.45, 7) is 4.12. The van der Waals surface area contributed by atoms with Crippen molar-refractivity contribution < 1.29 is 4.74 Å². The van der Waals surface area contributed by atoms with Gasteiger partial charge in [-0.3, -0.25) is 0 Å². The van der Waals surface area contributed by atoms with Crippen LogP contribution in [0.25, 0.3) is 0 Å². The Kier molecular flexibility index (Phi) is 3.50. The molecule has 4 atom stereocenters. The molecule has 3 heteroatoms. The Hall–Kier alpha value is -0.120. The van der Waals surface area contributed by atoms with Crippen molar-refractivity contribution in [1.29, 1.82) is 0 Å². The Morgan fingerprint density at radius 2 is 2.17 bits per heavy atom. The summed E-state index contributed by atoms with van der Waals surface area (Å²) in [4.78, 5) is 0. The molecule has 0 radical (unpaired) electrons. The first kappa shape index (κ1) is 9.96. The summed E-state index contributed by atoms with van der Waals surface area (Å²) in [7, 11) is 0. The molecule has 1 aliphatic heterocycles. The van der Waals surface area contributed by atoms with E-state index in [1.165, 1.54) is 0 Å². The third-order valence-corrected chi connectivity index (χ3v) is 2.73. The second-order valence-corrected chi connectivity index (χ2v) is 3.69. The Bertz CT molecular complexity index is 140. The number of hydrogen-bond acceptors (Lipinski definition) is 3. The van der Waals surface area contributed by atoms with E-state index in [0.717, 1.165) is 19.3 Å². The van der Waals surface area contributed by atoms with Gasteiger partial charge in [0.25, 0.3) is 0 Å². The van der Waals surface area contributed by atoms with Crippen LogP contribution in [-0.2, 0) is 4.74 Å². The lowest BCUT2D eigenvalue weighted by Crippen LogP contribution is -2.48. The molecule has 0 aliphatic carbocycles. The summed E-state index contributed by atoms with van der Waals surface area (Å²) in [5.74, 6) is 0. The van der Waals surface area contributed by atoms with E-state index in [1.54, 1.807) is 0 Å². The molecule has 0 aromatic rings. The van der Waals surface area contributed by atoms with E-state index in [9.17, 15) is 0 Å². The number of nitrogens with two attached hydrogens (primary N) is 2. The molecule has 0 spiro atoms. The molecule has 0 bridgehead atoms. The van der Waals surface area contributed by atoms with Crippen molar-refractivity contribution in [3.63, 3.8) is 0 Å². The maximum atomic E-state index is 5.89. The van der Waals surface area contributed by atoms with Gasteiger partial charge in [-0.05, 0) is 26.2 Å². The van der Waals surface area contributed by atoms with Crippen LogP contribution in [0.2, 0.25) is 0 Å². The molecular weight excluding hydrogens is 152 g/mol. The van der Waals surface area contributed by atoms with Crippen LogP contribution in [0.3, 0.4) is 0 Å². The lowest BCUT2D eigenvalue weighted by Gasteiger charge is -2.35. The van der Waals surface area contributed by atoms with Crippen molar-refractivity contribution in [3.05, 3.63) is 0 Å². The molecular formula is C9H20N2O. The highest BCUT2D eigenvalue weighted by Crippen LogP contribution is 2.20. The van der Waals surface area contributed by atoms with Gasteiger partial charge in [0.15, 0.2) is 0 Å². The van der Waals surface area contributed by atoms with Crippen LogP contribution in [0.15, 0.2) is 0 Å². The van der Waals surface area contributed by atoms with Gasteiger partial charge in [0.2, 0.25) is 0 Å². The Morgan fingerprint density at radius 1 is 1.50 bits per heavy atom. The van der Waals surface area contributed by atoms with Crippen LogP contribution in [-0.4, -0.2) is 24.3 Å². The Balaban J connectivity index is 2.39. The molecule has 12 heavy (non-hydrogen) atoms. The fourth-order valence-corrected chi connectivity index (χ4v) is 1.61. The van der Waals surface area contributed by atoms with Crippen LogP contribution in [0.5, 0.6) is 0 Å². The monoisotopic (exact) mass is 172 g/mol. The van der Waals surface area contributed by atoms with Crippen LogP contribution in [0, 0.1) is 0 Å². The molecule has 1 fully saturated rings. The van der Waals surface area contributed by atoms with E-state index in [0.29, 0.717) is 0 Å². The highest BCUT2D eigenvalue weighted by atomic mass is 16.5. The normalized spacial score (nSPS) is 39.5. The van der Waals surface area contributed by atoms with Gasteiger partial charge in [-0.1, -0.05) is 6.92 Å². The fraction of sp³-hybridized carbons (Fsp3) is 1.00. The first-order chi connectivity index (χ1) is 5.65. The largest absolute Gasteiger partial charge is 0.372 e. The highest BCUT2D eigenvalue weighted by molar-refractivity contribution is 4.83. The molecule has 1 saturated heterocycles. The summed E-state index contributed by atoms with van der Waals surface area (Å²) >= 11 is 0. The van der Waals surface area contributed by atoms with Crippen LogP contribution in [0.4, 0.5) is 0 Å². The SMILES string of the molecule is CC[C@H](N)[C@@H]1CC[C@@H](N)[C@@H](C)O1.